The highest BCUT2D eigenvalue weighted by molar-refractivity contribution is 5.99. The topological polar surface area (TPSA) is 95.9 Å². The highest BCUT2D eigenvalue weighted by atomic mass is 16.5. The molecule has 0 spiro atoms. The van der Waals surface area contributed by atoms with Crippen molar-refractivity contribution in [2.45, 2.75) is 25.8 Å². The summed E-state index contributed by atoms with van der Waals surface area (Å²) in [5.41, 5.74) is 0.631. The molecule has 0 bridgehead atoms. The first kappa shape index (κ1) is 16.0. The number of carbonyl (C=O) groups excluding carboxylic acids is 1. The number of methoxy groups -OCH3 is 1. The minimum Gasteiger partial charge on any atom is -0.507 e. The molecule has 1 aromatic carbocycles. The van der Waals surface area contributed by atoms with E-state index in [9.17, 15) is 14.7 Å². The average molecular weight is 281 g/mol. The molecule has 0 aliphatic carbocycles. The minimum atomic E-state index is -1.11. The zero-order valence-electron chi connectivity index (χ0n) is 11.5. The second kappa shape index (κ2) is 7.49. The third kappa shape index (κ3) is 4.24. The monoisotopic (exact) mass is 281 g/mol. The molecular weight excluding hydrogens is 262 g/mol. The van der Waals surface area contributed by atoms with Crippen molar-refractivity contribution in [2.24, 2.45) is 0 Å². The van der Waals surface area contributed by atoms with E-state index in [4.69, 9.17) is 9.84 Å². The smallest absolute Gasteiger partial charge is 0.326 e. The molecular formula is C14H19NO5. The van der Waals surface area contributed by atoms with Crippen LogP contribution in [0.15, 0.2) is 18.2 Å². The molecule has 20 heavy (non-hydrogen) atoms. The Bertz CT molecular complexity index is 486. The van der Waals surface area contributed by atoms with Crippen molar-refractivity contribution in [1.82, 2.24) is 5.32 Å². The maximum atomic E-state index is 12.0. The molecule has 6 heteroatoms. The van der Waals surface area contributed by atoms with Crippen LogP contribution >= 0.6 is 0 Å². The predicted molar refractivity (Wildman–Crippen MR) is 72.8 cm³/mol. The van der Waals surface area contributed by atoms with E-state index >= 15 is 0 Å². The fraction of sp³-hybridized carbons (Fsp3) is 0.429. The number of aliphatic carboxylic acids is 1. The molecule has 0 aliphatic heterocycles. The number of aryl methyl sites for hydroxylation is 1. The summed E-state index contributed by atoms with van der Waals surface area (Å²) < 4.78 is 4.85. The lowest BCUT2D eigenvalue weighted by atomic mass is 10.1. The van der Waals surface area contributed by atoms with Gasteiger partial charge in [0, 0.05) is 13.7 Å². The van der Waals surface area contributed by atoms with E-state index < -0.39 is 17.9 Å². The highest BCUT2D eigenvalue weighted by Gasteiger charge is 2.22. The zero-order valence-corrected chi connectivity index (χ0v) is 11.5. The summed E-state index contributed by atoms with van der Waals surface area (Å²) in [7, 11) is 1.53. The molecule has 0 heterocycles. The number of ether oxygens (including phenoxy) is 1. The number of hydrogen-bond donors (Lipinski definition) is 3. The Kier molecular flexibility index (Phi) is 5.99. The number of aromatic hydroxyl groups is 1. The molecule has 110 valence electrons. The van der Waals surface area contributed by atoms with Crippen LogP contribution in [0.25, 0.3) is 0 Å². The second-order valence-electron chi connectivity index (χ2n) is 4.47. The van der Waals surface area contributed by atoms with E-state index in [0.717, 1.165) is 0 Å². The first-order valence-electron chi connectivity index (χ1n) is 6.28. The van der Waals surface area contributed by atoms with Gasteiger partial charge in [-0.15, -0.1) is 0 Å². The molecule has 1 aromatic rings. The number of carbonyl (C=O) groups is 2. The number of benzene rings is 1. The zero-order chi connectivity index (χ0) is 15.1. The molecule has 1 atom stereocenters. The van der Waals surface area contributed by atoms with E-state index in [-0.39, 0.29) is 17.7 Å². The molecule has 0 saturated heterocycles. The number of rotatable bonds is 7. The Morgan fingerprint density at radius 2 is 2.10 bits per heavy atom. The third-order valence-corrected chi connectivity index (χ3v) is 2.93. The van der Waals surface area contributed by atoms with Gasteiger partial charge in [-0.2, -0.15) is 0 Å². The van der Waals surface area contributed by atoms with Gasteiger partial charge in [0.25, 0.3) is 5.91 Å². The molecule has 1 amide bonds. The number of phenols is 1. The van der Waals surface area contributed by atoms with Gasteiger partial charge in [0.1, 0.15) is 11.8 Å². The molecule has 1 unspecified atom stereocenters. The number of nitrogens with one attached hydrogen (secondary N) is 1. The molecule has 0 saturated carbocycles. The van der Waals surface area contributed by atoms with Crippen LogP contribution in [0, 0.1) is 6.92 Å². The van der Waals surface area contributed by atoms with Crippen LogP contribution in [0.1, 0.15) is 28.8 Å². The van der Waals surface area contributed by atoms with Gasteiger partial charge < -0.3 is 20.3 Å². The third-order valence-electron chi connectivity index (χ3n) is 2.93. The van der Waals surface area contributed by atoms with Crippen LogP contribution in [0.4, 0.5) is 0 Å². The SMILES string of the molecule is COCCCC(NC(=O)c1cccc(C)c1O)C(=O)O. The number of phenolic OH excluding ortho intramolecular Hbond substituents is 1. The van der Waals surface area contributed by atoms with Crippen molar-refractivity contribution in [3.8, 4) is 5.75 Å². The van der Waals surface area contributed by atoms with Crippen LogP contribution < -0.4 is 5.32 Å². The Morgan fingerprint density at radius 1 is 1.40 bits per heavy atom. The van der Waals surface area contributed by atoms with Crippen molar-refractivity contribution in [3.05, 3.63) is 29.3 Å². The summed E-state index contributed by atoms with van der Waals surface area (Å²) in [6.45, 7) is 2.09. The quantitative estimate of drug-likeness (QED) is 0.655. The van der Waals surface area contributed by atoms with Gasteiger partial charge in [0.05, 0.1) is 5.56 Å². The van der Waals surface area contributed by atoms with Gasteiger partial charge in [-0.1, -0.05) is 12.1 Å². The average Bonchev–Trinajstić information content (AvgIpc) is 2.40. The maximum Gasteiger partial charge on any atom is 0.326 e. The van der Waals surface area contributed by atoms with Gasteiger partial charge in [0.2, 0.25) is 0 Å². The predicted octanol–water partition coefficient (Wildman–Crippen LogP) is 1.31. The van der Waals surface area contributed by atoms with Crippen LogP contribution in [-0.4, -0.2) is 41.8 Å². The fourth-order valence-corrected chi connectivity index (χ4v) is 1.77. The number of amides is 1. The highest BCUT2D eigenvalue weighted by Crippen LogP contribution is 2.21. The second-order valence-corrected chi connectivity index (χ2v) is 4.47. The van der Waals surface area contributed by atoms with Gasteiger partial charge in [-0.05, 0) is 31.4 Å². The van der Waals surface area contributed by atoms with E-state index in [2.05, 4.69) is 5.32 Å². The lowest BCUT2D eigenvalue weighted by Crippen LogP contribution is -2.41. The van der Waals surface area contributed by atoms with E-state index in [1.54, 1.807) is 19.1 Å². The Morgan fingerprint density at radius 3 is 2.70 bits per heavy atom. The normalized spacial score (nSPS) is 11.9. The van der Waals surface area contributed by atoms with E-state index in [0.29, 0.717) is 18.6 Å². The molecule has 0 fully saturated rings. The summed E-state index contributed by atoms with van der Waals surface area (Å²) in [6, 6.07) is 3.74. The lowest BCUT2D eigenvalue weighted by Gasteiger charge is -2.15. The minimum absolute atomic E-state index is 0.0722. The van der Waals surface area contributed by atoms with Crippen LogP contribution in [0.3, 0.4) is 0 Å². The van der Waals surface area contributed by atoms with Gasteiger partial charge in [-0.3, -0.25) is 4.79 Å². The molecule has 0 aromatic heterocycles. The number of para-hydroxylation sites is 1. The van der Waals surface area contributed by atoms with E-state index in [1.807, 2.05) is 0 Å². The fourth-order valence-electron chi connectivity index (χ4n) is 1.77. The Hall–Kier alpha value is -2.08. The Labute approximate surface area is 117 Å². The number of hydrogen-bond acceptors (Lipinski definition) is 4. The van der Waals surface area contributed by atoms with Crippen LogP contribution in [0.5, 0.6) is 5.75 Å². The van der Waals surface area contributed by atoms with Crippen molar-refractivity contribution in [2.75, 3.05) is 13.7 Å². The van der Waals surface area contributed by atoms with Crippen LogP contribution in [0.2, 0.25) is 0 Å². The van der Waals surface area contributed by atoms with Crippen molar-refractivity contribution >= 4 is 11.9 Å². The molecule has 6 nitrogen and oxygen atoms in total. The number of carboxylic acids is 1. The van der Waals surface area contributed by atoms with Gasteiger partial charge in [-0.25, -0.2) is 4.79 Å². The van der Waals surface area contributed by atoms with Crippen molar-refractivity contribution in [1.29, 1.82) is 0 Å². The van der Waals surface area contributed by atoms with Gasteiger partial charge in [0.15, 0.2) is 0 Å². The number of carboxylic acid groups (broad SMARTS) is 1. The summed E-state index contributed by atoms with van der Waals surface area (Å²) in [4.78, 5) is 23.1. The van der Waals surface area contributed by atoms with Crippen molar-refractivity contribution in [3.63, 3.8) is 0 Å². The Balaban J connectivity index is 2.75. The summed E-state index contributed by atoms with van der Waals surface area (Å²) in [5, 5.41) is 21.3. The molecule has 3 N–H and O–H groups in total. The lowest BCUT2D eigenvalue weighted by molar-refractivity contribution is -0.139. The molecule has 1 rings (SSSR count). The summed E-state index contributed by atoms with van der Waals surface area (Å²) in [5.74, 6) is -1.84. The molecule has 0 aliphatic rings. The largest absolute Gasteiger partial charge is 0.507 e. The maximum absolute atomic E-state index is 12.0. The molecule has 0 radical (unpaired) electrons. The van der Waals surface area contributed by atoms with Crippen LogP contribution in [-0.2, 0) is 9.53 Å². The van der Waals surface area contributed by atoms with Crippen molar-refractivity contribution < 1.29 is 24.5 Å². The first-order chi connectivity index (χ1) is 9.47. The first-order valence-corrected chi connectivity index (χ1v) is 6.28. The summed E-state index contributed by atoms with van der Waals surface area (Å²) in [6.07, 6.45) is 0.787. The summed E-state index contributed by atoms with van der Waals surface area (Å²) >= 11 is 0. The van der Waals surface area contributed by atoms with Gasteiger partial charge >= 0.3 is 5.97 Å². The standard InChI is InChI=1S/C14H19NO5/c1-9-5-3-6-10(12(9)16)13(17)15-11(14(18)19)7-4-8-20-2/h3,5-6,11,16H,4,7-8H2,1-2H3,(H,15,17)(H,18,19). The van der Waals surface area contributed by atoms with E-state index in [1.165, 1.54) is 13.2 Å².